The van der Waals surface area contributed by atoms with Crippen LogP contribution in [0.3, 0.4) is 0 Å². The first-order valence-electron chi connectivity index (χ1n) is 4.09. The molecule has 0 aromatic heterocycles. The number of rotatable bonds is 7. The van der Waals surface area contributed by atoms with Crippen molar-refractivity contribution < 1.29 is 13.0 Å². The summed E-state index contributed by atoms with van der Waals surface area (Å²) in [6.45, 7) is 2.16. The summed E-state index contributed by atoms with van der Waals surface area (Å²) in [5.41, 5.74) is 0. The Morgan fingerprint density at radius 2 is 1.83 bits per heavy atom. The Hall–Kier alpha value is 0.700. The minimum absolute atomic E-state index is 0.0273. The van der Waals surface area contributed by atoms with E-state index in [9.17, 15) is 8.42 Å². The number of hydrogen-bond donors (Lipinski definition) is 1. The molecule has 0 bridgehead atoms. The Kier molecular flexibility index (Phi) is 7.55. The molecule has 0 unspecified atom stereocenters. The van der Waals surface area contributed by atoms with Crippen molar-refractivity contribution in [1.29, 1.82) is 0 Å². The fourth-order valence-corrected chi connectivity index (χ4v) is 4.76. The molecule has 1 N–H and O–H groups in total. The molecule has 0 saturated heterocycles. The quantitative estimate of drug-likeness (QED) is 0.442. The Balaban J connectivity index is 3.12. The molecule has 0 radical (unpaired) electrons. The van der Waals surface area contributed by atoms with Crippen LogP contribution in [-0.2, 0) is 10.1 Å². The zero-order valence-electron chi connectivity index (χ0n) is 7.32. The van der Waals surface area contributed by atoms with Gasteiger partial charge in [-0.3, -0.25) is 0 Å². The zero-order valence-corrected chi connectivity index (χ0v) is 10.5. The van der Waals surface area contributed by atoms with E-state index in [0.29, 0.717) is 6.42 Å². The molecule has 0 aromatic carbocycles. The van der Waals surface area contributed by atoms with Gasteiger partial charge >= 0.3 is 84.9 Å². The van der Waals surface area contributed by atoms with E-state index in [0.717, 1.165) is 4.47 Å². The topological polar surface area (TPSA) is 54.4 Å². The van der Waals surface area contributed by atoms with Gasteiger partial charge in [0.2, 0.25) is 0 Å². The van der Waals surface area contributed by atoms with Crippen molar-refractivity contribution in [2.45, 2.75) is 35.1 Å². The summed E-state index contributed by atoms with van der Waals surface area (Å²) in [5.74, 6) is -0.0517. The summed E-state index contributed by atoms with van der Waals surface area (Å²) in [5, 5.41) is 0. The van der Waals surface area contributed by atoms with Crippen LogP contribution in [-0.4, -0.2) is 39.6 Å². The summed E-state index contributed by atoms with van der Waals surface area (Å²) in [6, 6.07) is 0. The molecule has 0 atom stereocenters. The van der Waals surface area contributed by atoms with Crippen molar-refractivity contribution >= 4 is 31.0 Å². The fourth-order valence-electron chi connectivity index (χ4n) is 0.692. The molecule has 0 saturated carbocycles. The van der Waals surface area contributed by atoms with Crippen molar-refractivity contribution in [2.75, 3.05) is 5.75 Å². The van der Waals surface area contributed by atoms with Crippen LogP contribution in [0.5, 0.6) is 0 Å². The van der Waals surface area contributed by atoms with Gasteiger partial charge in [0.25, 0.3) is 0 Å². The van der Waals surface area contributed by atoms with Gasteiger partial charge in [0.15, 0.2) is 0 Å². The maximum absolute atomic E-state index is 10.3. The third-order valence-electron chi connectivity index (χ3n) is 1.33. The Morgan fingerprint density at radius 3 is 2.33 bits per heavy atom. The van der Waals surface area contributed by atoms with E-state index < -0.39 is 10.1 Å². The van der Waals surface area contributed by atoms with Crippen LogP contribution < -0.4 is 0 Å². The predicted octanol–water partition coefficient (Wildman–Crippen LogP) is 1.61. The second kappa shape index (κ2) is 7.14. The van der Waals surface area contributed by atoms with Gasteiger partial charge in [0.05, 0.1) is 0 Å². The standard InChI is InChI=1S/C7H16O3STe/c1-2-3-6-12-7-4-5-11(8,9)10/h2-7H2,1H3,(H,8,9,10). The van der Waals surface area contributed by atoms with E-state index in [2.05, 4.69) is 6.92 Å². The molecule has 12 heavy (non-hydrogen) atoms. The Morgan fingerprint density at radius 1 is 1.25 bits per heavy atom. The van der Waals surface area contributed by atoms with E-state index in [1.165, 1.54) is 17.3 Å². The van der Waals surface area contributed by atoms with Crippen LogP contribution >= 0.6 is 0 Å². The average molecular weight is 308 g/mol. The number of unbranched alkanes of at least 4 members (excludes halogenated alkanes) is 1. The summed E-state index contributed by atoms with van der Waals surface area (Å²) in [4.78, 5) is 0. The molecule has 0 heterocycles. The molecule has 0 aliphatic rings. The Labute approximate surface area is 84.8 Å². The SMILES string of the molecule is CCCC[Te]CCCS(=O)(=O)O. The van der Waals surface area contributed by atoms with E-state index in [1.54, 1.807) is 0 Å². The van der Waals surface area contributed by atoms with E-state index >= 15 is 0 Å². The van der Waals surface area contributed by atoms with Gasteiger partial charge < -0.3 is 0 Å². The molecule has 0 fully saturated rings. The van der Waals surface area contributed by atoms with Crippen LogP contribution in [0.1, 0.15) is 26.2 Å². The minimum atomic E-state index is -3.70. The molecule has 74 valence electrons. The van der Waals surface area contributed by atoms with Crippen LogP contribution in [0, 0.1) is 0 Å². The van der Waals surface area contributed by atoms with Crippen molar-refractivity contribution in [2.24, 2.45) is 0 Å². The van der Waals surface area contributed by atoms with E-state index in [4.69, 9.17) is 4.55 Å². The first-order valence-corrected chi connectivity index (χ1v) is 8.99. The fraction of sp³-hybridized carbons (Fsp3) is 1.00. The normalized spacial score (nSPS) is 11.8. The van der Waals surface area contributed by atoms with E-state index in [-0.39, 0.29) is 26.7 Å². The summed E-state index contributed by atoms with van der Waals surface area (Å²) < 4.78 is 31.3. The van der Waals surface area contributed by atoms with Gasteiger partial charge in [-0.15, -0.1) is 0 Å². The molecule has 0 aromatic rings. The van der Waals surface area contributed by atoms with Gasteiger partial charge in [0.1, 0.15) is 0 Å². The second-order valence-corrected chi connectivity index (χ2v) is 7.67. The molecule has 5 heteroatoms. The van der Waals surface area contributed by atoms with Crippen LogP contribution in [0.15, 0.2) is 0 Å². The van der Waals surface area contributed by atoms with E-state index in [1.807, 2.05) is 0 Å². The Bertz CT molecular complexity index is 189. The van der Waals surface area contributed by atoms with Gasteiger partial charge in [0, 0.05) is 0 Å². The molecule has 0 aliphatic carbocycles. The van der Waals surface area contributed by atoms with Crippen molar-refractivity contribution in [1.82, 2.24) is 0 Å². The van der Waals surface area contributed by atoms with Crippen molar-refractivity contribution in [3.8, 4) is 0 Å². The molecule has 0 spiro atoms. The summed E-state index contributed by atoms with van der Waals surface area (Å²) in [6.07, 6.45) is 3.14. The van der Waals surface area contributed by atoms with Gasteiger partial charge in [-0.1, -0.05) is 0 Å². The molecule has 0 amide bonds. The van der Waals surface area contributed by atoms with Gasteiger partial charge in [-0.2, -0.15) is 0 Å². The first kappa shape index (κ1) is 12.7. The van der Waals surface area contributed by atoms with Crippen molar-refractivity contribution in [3.63, 3.8) is 0 Å². The summed E-state index contributed by atoms with van der Waals surface area (Å²) in [7, 11) is -3.70. The van der Waals surface area contributed by atoms with Crippen LogP contribution in [0.4, 0.5) is 0 Å². The molecule has 3 nitrogen and oxygen atoms in total. The third-order valence-corrected chi connectivity index (χ3v) is 5.43. The second-order valence-electron chi connectivity index (χ2n) is 2.61. The average Bonchev–Trinajstić information content (AvgIpc) is 1.94. The predicted molar refractivity (Wildman–Crippen MR) is 51.3 cm³/mol. The van der Waals surface area contributed by atoms with Gasteiger partial charge in [-0.25, -0.2) is 0 Å². The maximum atomic E-state index is 10.3. The van der Waals surface area contributed by atoms with Crippen LogP contribution in [0.2, 0.25) is 8.94 Å². The third kappa shape index (κ3) is 10.7. The monoisotopic (exact) mass is 310 g/mol. The van der Waals surface area contributed by atoms with Gasteiger partial charge in [-0.05, 0) is 0 Å². The van der Waals surface area contributed by atoms with Crippen molar-refractivity contribution in [3.05, 3.63) is 0 Å². The molecular formula is C7H16O3STe. The number of hydrogen-bond acceptors (Lipinski definition) is 2. The molecular weight excluding hydrogens is 292 g/mol. The first-order chi connectivity index (χ1) is 5.56. The summed E-state index contributed by atoms with van der Waals surface area (Å²) >= 11 is 0.0273. The molecule has 0 aliphatic heterocycles. The van der Waals surface area contributed by atoms with Crippen LogP contribution in [0.25, 0.3) is 0 Å². The molecule has 0 rings (SSSR count). The zero-order chi connectivity index (χ0) is 9.45.